The molecule has 15 heavy (non-hydrogen) atoms. The fourth-order valence-electron chi connectivity index (χ4n) is 2.37. The van der Waals surface area contributed by atoms with Crippen LogP contribution in [0.2, 0.25) is 0 Å². The van der Waals surface area contributed by atoms with Crippen LogP contribution in [0, 0.1) is 5.92 Å². The topological polar surface area (TPSA) is 40.5 Å². The zero-order valence-corrected chi connectivity index (χ0v) is 9.74. The van der Waals surface area contributed by atoms with Gasteiger partial charge in [0.25, 0.3) is 0 Å². The summed E-state index contributed by atoms with van der Waals surface area (Å²) in [4.78, 5) is 12.8. The first-order chi connectivity index (χ1) is 7.22. The predicted octanol–water partition coefficient (Wildman–Crippen LogP) is 2.36. The van der Waals surface area contributed by atoms with Crippen molar-refractivity contribution in [2.75, 3.05) is 19.6 Å². The van der Waals surface area contributed by atoms with E-state index in [1.807, 2.05) is 0 Å². The lowest BCUT2D eigenvalue weighted by molar-refractivity contribution is -0.137. The number of rotatable bonds is 7. The second kappa shape index (κ2) is 6.83. The molecule has 0 radical (unpaired) electrons. The van der Waals surface area contributed by atoms with Crippen LogP contribution in [0.15, 0.2) is 0 Å². The van der Waals surface area contributed by atoms with Gasteiger partial charge in [-0.2, -0.15) is 0 Å². The first kappa shape index (κ1) is 12.5. The van der Waals surface area contributed by atoms with Crippen molar-refractivity contribution in [3.8, 4) is 0 Å². The Hall–Kier alpha value is -0.570. The third-order valence-electron chi connectivity index (χ3n) is 3.18. The number of likely N-dealkylation sites (tertiary alicyclic amines) is 1. The van der Waals surface area contributed by atoms with Gasteiger partial charge in [0.05, 0.1) is 0 Å². The van der Waals surface area contributed by atoms with E-state index in [1.165, 1.54) is 32.4 Å². The van der Waals surface area contributed by atoms with Gasteiger partial charge in [0.1, 0.15) is 0 Å². The fraction of sp³-hybridized carbons (Fsp3) is 0.917. The van der Waals surface area contributed by atoms with Crippen molar-refractivity contribution in [3.05, 3.63) is 0 Å². The molecule has 1 aliphatic heterocycles. The molecule has 0 saturated carbocycles. The summed E-state index contributed by atoms with van der Waals surface area (Å²) in [5.41, 5.74) is 0. The molecular formula is C12H23NO2. The van der Waals surface area contributed by atoms with Crippen molar-refractivity contribution in [3.63, 3.8) is 0 Å². The number of aliphatic carboxylic acids is 1. The third-order valence-corrected chi connectivity index (χ3v) is 3.18. The molecule has 1 aliphatic rings. The Labute approximate surface area is 92.5 Å². The van der Waals surface area contributed by atoms with E-state index in [1.54, 1.807) is 0 Å². The largest absolute Gasteiger partial charge is 0.481 e. The second-order valence-corrected chi connectivity index (χ2v) is 4.59. The molecule has 0 amide bonds. The van der Waals surface area contributed by atoms with Crippen LogP contribution in [-0.2, 0) is 4.79 Å². The highest BCUT2D eigenvalue weighted by atomic mass is 16.4. The van der Waals surface area contributed by atoms with Crippen molar-refractivity contribution in [1.82, 2.24) is 4.90 Å². The molecule has 0 spiro atoms. The Balaban J connectivity index is 2.01. The third kappa shape index (κ3) is 5.17. The number of carboxylic acid groups (broad SMARTS) is 1. The average molecular weight is 213 g/mol. The number of hydrogen-bond donors (Lipinski definition) is 1. The van der Waals surface area contributed by atoms with Crippen LogP contribution >= 0.6 is 0 Å². The van der Waals surface area contributed by atoms with Crippen molar-refractivity contribution in [1.29, 1.82) is 0 Å². The van der Waals surface area contributed by atoms with Crippen molar-refractivity contribution in [2.45, 2.75) is 45.4 Å². The molecule has 3 nitrogen and oxygen atoms in total. The monoisotopic (exact) mass is 213 g/mol. The summed E-state index contributed by atoms with van der Waals surface area (Å²) >= 11 is 0. The van der Waals surface area contributed by atoms with E-state index in [-0.39, 0.29) is 0 Å². The molecule has 1 atom stereocenters. The van der Waals surface area contributed by atoms with E-state index >= 15 is 0 Å². The van der Waals surface area contributed by atoms with Gasteiger partial charge >= 0.3 is 5.97 Å². The number of hydrogen-bond acceptors (Lipinski definition) is 2. The van der Waals surface area contributed by atoms with Crippen LogP contribution in [0.3, 0.4) is 0 Å². The Morgan fingerprint density at radius 2 is 2.27 bits per heavy atom. The van der Waals surface area contributed by atoms with Gasteiger partial charge < -0.3 is 10.0 Å². The molecule has 1 fully saturated rings. The highest BCUT2D eigenvalue weighted by Gasteiger charge is 2.20. The van der Waals surface area contributed by atoms with Crippen molar-refractivity contribution >= 4 is 5.97 Å². The van der Waals surface area contributed by atoms with Gasteiger partial charge in [-0.05, 0) is 44.7 Å². The molecule has 1 heterocycles. The molecule has 1 N–H and O–H groups in total. The highest BCUT2D eigenvalue weighted by molar-refractivity contribution is 5.66. The van der Waals surface area contributed by atoms with Gasteiger partial charge in [0.15, 0.2) is 0 Å². The quantitative estimate of drug-likeness (QED) is 0.660. The average Bonchev–Trinajstić information content (AvgIpc) is 2.61. The number of nitrogens with zero attached hydrogens (tertiary/aromatic N) is 1. The molecule has 0 bridgehead atoms. The van der Waals surface area contributed by atoms with Gasteiger partial charge in [-0.15, -0.1) is 0 Å². The van der Waals surface area contributed by atoms with Crippen LogP contribution in [0.1, 0.15) is 45.4 Å². The Kier molecular flexibility index (Phi) is 5.69. The maximum atomic E-state index is 10.3. The summed E-state index contributed by atoms with van der Waals surface area (Å²) in [7, 11) is 0. The molecule has 0 aromatic rings. The van der Waals surface area contributed by atoms with Crippen molar-refractivity contribution < 1.29 is 9.90 Å². The first-order valence-electron chi connectivity index (χ1n) is 6.16. The van der Waals surface area contributed by atoms with Crippen LogP contribution in [-0.4, -0.2) is 35.6 Å². The van der Waals surface area contributed by atoms with Gasteiger partial charge in [-0.25, -0.2) is 0 Å². The van der Waals surface area contributed by atoms with Gasteiger partial charge in [-0.1, -0.05) is 13.3 Å². The Morgan fingerprint density at radius 1 is 1.47 bits per heavy atom. The molecule has 0 aliphatic carbocycles. The zero-order chi connectivity index (χ0) is 11.1. The summed E-state index contributed by atoms with van der Waals surface area (Å²) < 4.78 is 0. The van der Waals surface area contributed by atoms with Crippen LogP contribution in [0.4, 0.5) is 0 Å². The van der Waals surface area contributed by atoms with Gasteiger partial charge in [-0.3, -0.25) is 4.79 Å². The summed E-state index contributed by atoms with van der Waals surface area (Å²) in [5, 5.41) is 8.50. The molecule has 1 rings (SSSR count). The second-order valence-electron chi connectivity index (χ2n) is 4.59. The summed E-state index contributed by atoms with van der Waals surface area (Å²) in [5.74, 6) is 0.231. The first-order valence-corrected chi connectivity index (χ1v) is 6.16. The van der Waals surface area contributed by atoms with Crippen LogP contribution in [0.25, 0.3) is 0 Å². The lowest BCUT2D eigenvalue weighted by Crippen LogP contribution is -2.22. The molecule has 88 valence electrons. The minimum Gasteiger partial charge on any atom is -0.481 e. The summed E-state index contributed by atoms with van der Waals surface area (Å²) in [6, 6.07) is 0. The summed E-state index contributed by atoms with van der Waals surface area (Å²) in [6.07, 6.45) is 6.16. The lowest BCUT2D eigenvalue weighted by atomic mass is 10.0. The highest BCUT2D eigenvalue weighted by Crippen LogP contribution is 2.20. The van der Waals surface area contributed by atoms with Gasteiger partial charge in [0.2, 0.25) is 0 Å². The van der Waals surface area contributed by atoms with Crippen molar-refractivity contribution in [2.24, 2.45) is 5.92 Å². The van der Waals surface area contributed by atoms with Crippen LogP contribution < -0.4 is 0 Å². The lowest BCUT2D eigenvalue weighted by Gasteiger charge is -2.15. The minimum absolute atomic E-state index is 0.326. The molecule has 1 saturated heterocycles. The SMILES string of the molecule is CCCC1CCN(CCCCC(=O)O)C1. The smallest absolute Gasteiger partial charge is 0.303 e. The molecule has 3 heteroatoms. The minimum atomic E-state index is -0.666. The maximum absolute atomic E-state index is 10.3. The number of carbonyl (C=O) groups is 1. The Bertz CT molecular complexity index is 194. The zero-order valence-electron chi connectivity index (χ0n) is 9.74. The maximum Gasteiger partial charge on any atom is 0.303 e. The van der Waals surface area contributed by atoms with E-state index in [0.29, 0.717) is 6.42 Å². The molecule has 0 aromatic carbocycles. The van der Waals surface area contributed by atoms with E-state index in [2.05, 4.69) is 11.8 Å². The predicted molar refractivity (Wildman–Crippen MR) is 60.9 cm³/mol. The number of unbranched alkanes of at least 4 members (excludes halogenated alkanes) is 1. The Morgan fingerprint density at radius 3 is 2.93 bits per heavy atom. The standard InChI is InChI=1S/C12H23NO2/c1-2-5-11-7-9-13(10-11)8-4-3-6-12(14)15/h11H,2-10H2,1H3,(H,14,15). The molecule has 1 unspecified atom stereocenters. The van der Waals surface area contributed by atoms with Gasteiger partial charge in [0, 0.05) is 13.0 Å². The molecule has 0 aromatic heterocycles. The van der Waals surface area contributed by atoms with E-state index in [9.17, 15) is 4.79 Å². The van der Waals surface area contributed by atoms with E-state index < -0.39 is 5.97 Å². The normalized spacial score (nSPS) is 22.1. The number of carboxylic acids is 1. The van der Waals surface area contributed by atoms with Crippen LogP contribution in [0.5, 0.6) is 0 Å². The fourth-order valence-corrected chi connectivity index (χ4v) is 2.37. The van der Waals surface area contributed by atoms with E-state index in [0.717, 1.165) is 25.3 Å². The van der Waals surface area contributed by atoms with E-state index in [4.69, 9.17) is 5.11 Å². The molecular weight excluding hydrogens is 190 g/mol. The summed E-state index contributed by atoms with van der Waals surface area (Å²) in [6.45, 7) is 5.79.